The zero-order chi connectivity index (χ0) is 22.1. The summed E-state index contributed by atoms with van der Waals surface area (Å²) in [5, 5.41) is 11.4. The van der Waals surface area contributed by atoms with E-state index in [4.69, 9.17) is 0 Å². The Bertz CT molecular complexity index is 1180. The van der Waals surface area contributed by atoms with Crippen LogP contribution in [-0.2, 0) is 21.2 Å². The number of hydroxylamine groups is 2. The molecule has 2 aromatic carbocycles. The molecular formula is C24H28N2O4S. The van der Waals surface area contributed by atoms with Crippen LogP contribution in [0.3, 0.4) is 0 Å². The monoisotopic (exact) mass is 440 g/mol. The number of aromatic nitrogens is 1. The number of fused-ring (bicyclic) bond motifs is 1. The molecule has 1 aliphatic carbocycles. The predicted molar refractivity (Wildman–Crippen MR) is 120 cm³/mol. The number of sulfone groups is 1. The Morgan fingerprint density at radius 1 is 1.06 bits per heavy atom. The largest absolute Gasteiger partial charge is 0.340 e. The van der Waals surface area contributed by atoms with Gasteiger partial charge in [-0.05, 0) is 55.0 Å². The number of nitrogens with zero attached hydrogens (tertiary/aromatic N) is 2. The Labute approximate surface area is 183 Å². The highest BCUT2D eigenvalue weighted by atomic mass is 32.2. The topological polar surface area (TPSA) is 79.6 Å². The molecule has 3 aromatic rings. The third kappa shape index (κ3) is 4.00. The minimum Gasteiger partial charge on any atom is -0.340 e. The van der Waals surface area contributed by atoms with Crippen LogP contribution >= 0.6 is 0 Å². The summed E-state index contributed by atoms with van der Waals surface area (Å²) in [6, 6.07) is 17.4. The molecule has 1 saturated carbocycles. The average Bonchev–Trinajstić information content (AvgIpc) is 3.09. The second kappa shape index (κ2) is 8.48. The Kier molecular flexibility index (Phi) is 5.90. The summed E-state index contributed by atoms with van der Waals surface area (Å²) in [5.74, 6) is 0. The molecule has 1 fully saturated rings. The maximum absolute atomic E-state index is 13.6. The maximum atomic E-state index is 13.6. The molecule has 0 atom stereocenters. The molecule has 31 heavy (non-hydrogen) atoms. The van der Waals surface area contributed by atoms with E-state index < -0.39 is 14.6 Å². The summed E-state index contributed by atoms with van der Waals surface area (Å²) in [6.45, 7) is 2.52. The molecule has 1 heterocycles. The van der Waals surface area contributed by atoms with Crippen LogP contribution in [0.25, 0.3) is 10.9 Å². The summed E-state index contributed by atoms with van der Waals surface area (Å²) in [5.41, 5.74) is 3.31. The first-order valence-electron chi connectivity index (χ1n) is 10.7. The van der Waals surface area contributed by atoms with Gasteiger partial charge in [0, 0.05) is 17.8 Å². The van der Waals surface area contributed by atoms with Crippen molar-refractivity contribution in [2.75, 3.05) is 6.54 Å². The van der Waals surface area contributed by atoms with E-state index in [2.05, 4.69) is 29.7 Å². The van der Waals surface area contributed by atoms with Crippen molar-refractivity contribution in [3.63, 3.8) is 0 Å². The number of para-hydroxylation sites is 1. The number of rotatable bonds is 7. The minimum absolute atomic E-state index is 0.199. The van der Waals surface area contributed by atoms with Crippen LogP contribution in [0.15, 0.2) is 59.5 Å². The zero-order valence-corrected chi connectivity index (χ0v) is 18.5. The van der Waals surface area contributed by atoms with Gasteiger partial charge in [-0.2, -0.15) is 0 Å². The van der Waals surface area contributed by atoms with E-state index in [9.17, 15) is 18.4 Å². The van der Waals surface area contributed by atoms with Crippen molar-refractivity contribution in [1.82, 2.24) is 9.63 Å². The van der Waals surface area contributed by atoms with E-state index in [1.54, 1.807) is 12.1 Å². The summed E-state index contributed by atoms with van der Waals surface area (Å²) in [7, 11) is -3.72. The average molecular weight is 441 g/mol. The first-order chi connectivity index (χ1) is 14.9. The van der Waals surface area contributed by atoms with E-state index in [1.165, 1.54) is 5.39 Å². The third-order valence-corrected chi connectivity index (χ3v) is 9.07. The van der Waals surface area contributed by atoms with Gasteiger partial charge in [-0.3, -0.25) is 10.0 Å². The molecule has 1 amide bonds. The van der Waals surface area contributed by atoms with E-state index in [-0.39, 0.29) is 17.9 Å². The molecule has 0 spiro atoms. The molecule has 0 radical (unpaired) electrons. The maximum Gasteiger partial charge on any atom is 0.233 e. The number of carbonyl (C=O) groups is 1. The fraction of sp³-hybridized carbons (Fsp3) is 0.375. The highest BCUT2D eigenvalue weighted by Gasteiger charge is 2.46. The lowest BCUT2D eigenvalue weighted by atomic mass is 9.88. The number of hydrogen-bond donors (Lipinski definition) is 1. The van der Waals surface area contributed by atoms with Gasteiger partial charge in [0.1, 0.15) is 0 Å². The van der Waals surface area contributed by atoms with Gasteiger partial charge in [0.05, 0.1) is 16.2 Å². The van der Waals surface area contributed by atoms with Crippen molar-refractivity contribution >= 4 is 27.2 Å². The number of carbonyl (C=O) groups excluding carboxylic acids is 1. The normalized spacial score (nSPS) is 16.3. The molecule has 0 bridgehead atoms. The smallest absolute Gasteiger partial charge is 0.233 e. The lowest BCUT2D eigenvalue weighted by molar-refractivity contribution is -0.151. The van der Waals surface area contributed by atoms with Gasteiger partial charge in [0.2, 0.25) is 6.41 Å². The van der Waals surface area contributed by atoms with Crippen molar-refractivity contribution in [1.29, 1.82) is 0 Å². The molecule has 164 valence electrons. The van der Waals surface area contributed by atoms with E-state index >= 15 is 0 Å². The third-order valence-electron chi connectivity index (χ3n) is 6.50. The summed E-state index contributed by atoms with van der Waals surface area (Å²) >= 11 is 0. The van der Waals surface area contributed by atoms with Crippen LogP contribution in [0.5, 0.6) is 0 Å². The highest BCUT2D eigenvalue weighted by Crippen LogP contribution is 2.39. The van der Waals surface area contributed by atoms with Gasteiger partial charge in [-0.25, -0.2) is 13.5 Å². The van der Waals surface area contributed by atoms with Crippen molar-refractivity contribution in [2.24, 2.45) is 0 Å². The van der Waals surface area contributed by atoms with E-state index in [1.807, 2.05) is 24.3 Å². The Morgan fingerprint density at radius 3 is 2.42 bits per heavy atom. The van der Waals surface area contributed by atoms with E-state index in [0.717, 1.165) is 36.0 Å². The Hall–Kier alpha value is -2.64. The van der Waals surface area contributed by atoms with Crippen LogP contribution in [0.2, 0.25) is 0 Å². The first-order valence-corrected chi connectivity index (χ1v) is 12.1. The lowest BCUT2D eigenvalue weighted by Crippen LogP contribution is -2.49. The van der Waals surface area contributed by atoms with E-state index in [0.29, 0.717) is 24.4 Å². The fourth-order valence-corrected chi connectivity index (χ4v) is 6.93. The van der Waals surface area contributed by atoms with Crippen LogP contribution < -0.4 is 0 Å². The van der Waals surface area contributed by atoms with Gasteiger partial charge in [-0.15, -0.1) is 0 Å². The van der Waals surface area contributed by atoms with Crippen LogP contribution in [0, 0.1) is 6.92 Å². The van der Waals surface area contributed by atoms with Gasteiger partial charge in [-0.1, -0.05) is 49.6 Å². The molecule has 1 aromatic heterocycles. The molecule has 0 saturated heterocycles. The first kappa shape index (κ1) is 21.6. The molecule has 7 heteroatoms. The summed E-state index contributed by atoms with van der Waals surface area (Å²) in [6.07, 6.45) is 3.66. The highest BCUT2D eigenvalue weighted by molar-refractivity contribution is 7.92. The molecule has 6 nitrogen and oxygen atoms in total. The lowest BCUT2D eigenvalue weighted by Gasteiger charge is -2.37. The predicted octanol–water partition coefficient (Wildman–Crippen LogP) is 4.32. The standard InChI is InChI=1S/C24H28N2O4S/c1-19-15-21-7-3-4-8-23(21)26(19)16-20-9-11-22(12-10-20)31(29,30)24(17-25(28)18-27)13-5-2-6-14-24/h3-4,7-12,15,18,28H,2,5-6,13-14,16-17H2,1H3. The molecule has 1 aliphatic rings. The quantitative estimate of drug-likeness (QED) is 0.337. The second-order valence-corrected chi connectivity index (χ2v) is 10.9. The summed E-state index contributed by atoms with van der Waals surface area (Å²) < 4.78 is 28.2. The molecule has 0 aliphatic heterocycles. The van der Waals surface area contributed by atoms with Crippen molar-refractivity contribution < 1.29 is 18.4 Å². The van der Waals surface area contributed by atoms with Crippen LogP contribution in [-0.4, -0.2) is 41.0 Å². The van der Waals surface area contributed by atoms with Crippen molar-refractivity contribution in [3.05, 3.63) is 65.9 Å². The number of amides is 1. The van der Waals surface area contributed by atoms with Crippen LogP contribution in [0.1, 0.15) is 43.4 Å². The number of hydrogen-bond acceptors (Lipinski definition) is 4. The molecule has 0 unspecified atom stereocenters. The molecular weight excluding hydrogens is 412 g/mol. The van der Waals surface area contributed by atoms with Gasteiger partial charge in [0.25, 0.3) is 0 Å². The minimum atomic E-state index is -3.72. The van der Waals surface area contributed by atoms with Gasteiger partial charge < -0.3 is 4.57 Å². The number of aryl methyl sites for hydroxylation is 1. The molecule has 1 N–H and O–H groups in total. The fourth-order valence-electron chi connectivity index (χ4n) is 4.81. The van der Waals surface area contributed by atoms with Gasteiger partial charge >= 0.3 is 0 Å². The van der Waals surface area contributed by atoms with Crippen LogP contribution in [0.4, 0.5) is 0 Å². The number of benzene rings is 2. The molecule has 4 rings (SSSR count). The van der Waals surface area contributed by atoms with Gasteiger partial charge in [0.15, 0.2) is 9.84 Å². The van der Waals surface area contributed by atoms with Crippen molar-refractivity contribution in [3.8, 4) is 0 Å². The zero-order valence-electron chi connectivity index (χ0n) is 17.7. The van der Waals surface area contributed by atoms with Crippen molar-refractivity contribution in [2.45, 2.75) is 55.2 Å². The summed E-state index contributed by atoms with van der Waals surface area (Å²) in [4.78, 5) is 11.2. The second-order valence-electron chi connectivity index (χ2n) is 8.52. The SMILES string of the molecule is Cc1cc2ccccc2n1Cc1ccc(S(=O)(=O)C2(CN(O)C=O)CCCCC2)cc1. The Morgan fingerprint density at radius 2 is 1.74 bits per heavy atom. The Balaban J connectivity index is 1.63.